The number of para-hydroxylation sites is 1. The van der Waals surface area contributed by atoms with Crippen molar-refractivity contribution in [2.75, 3.05) is 6.26 Å². The van der Waals surface area contributed by atoms with E-state index in [0.717, 1.165) is 6.26 Å². The summed E-state index contributed by atoms with van der Waals surface area (Å²) >= 11 is 0. The molecule has 0 bridgehead atoms. The molecule has 2 aromatic rings. The van der Waals surface area contributed by atoms with Gasteiger partial charge in [0, 0.05) is 11.8 Å². The molecule has 112 valence electrons. The number of hydrogen-bond donors (Lipinski definition) is 1. The summed E-state index contributed by atoms with van der Waals surface area (Å²) in [5.41, 5.74) is 0.321. The molecule has 2 aromatic carbocycles. The molecule has 0 unspecified atom stereocenters. The van der Waals surface area contributed by atoms with Crippen LogP contribution in [0.15, 0.2) is 47.4 Å². The largest absolute Gasteiger partial charge is 0.454 e. The second-order valence-electron chi connectivity index (χ2n) is 4.68. The third-order valence-corrected chi connectivity index (χ3v) is 4.05. The lowest BCUT2D eigenvalue weighted by molar-refractivity contribution is 0.194. The summed E-state index contributed by atoms with van der Waals surface area (Å²) in [6.07, 6.45) is 0.219. The lowest BCUT2D eigenvalue weighted by Crippen LogP contribution is -1.99. The molecule has 0 fully saturated rings. The highest BCUT2D eigenvalue weighted by atomic mass is 32.2. The molecule has 1 atom stereocenters. The van der Waals surface area contributed by atoms with E-state index in [2.05, 4.69) is 0 Å². The molecule has 0 saturated carbocycles. The van der Waals surface area contributed by atoms with Crippen molar-refractivity contribution in [1.82, 2.24) is 0 Å². The summed E-state index contributed by atoms with van der Waals surface area (Å²) in [4.78, 5) is 0.152. The standard InChI is InChI=1S/C15H15FO4S/c1-10(17)13-4-3-5-14(16)15(13)20-11-6-8-12(9-7-11)21(2,18)19/h3-10,17H,1-2H3/t10-/m1/s1. The van der Waals surface area contributed by atoms with Crippen molar-refractivity contribution in [2.45, 2.75) is 17.9 Å². The highest BCUT2D eigenvalue weighted by Gasteiger charge is 2.15. The Hall–Kier alpha value is -1.92. The Kier molecular flexibility index (Phi) is 4.29. The van der Waals surface area contributed by atoms with Gasteiger partial charge in [-0.2, -0.15) is 0 Å². The summed E-state index contributed by atoms with van der Waals surface area (Å²) in [6.45, 7) is 1.51. The number of ether oxygens (including phenoxy) is 1. The number of aliphatic hydroxyl groups is 1. The third kappa shape index (κ3) is 3.59. The Bertz CT molecular complexity index is 737. The first-order valence-electron chi connectivity index (χ1n) is 6.23. The first-order chi connectivity index (χ1) is 9.79. The van der Waals surface area contributed by atoms with Crippen LogP contribution in [0.5, 0.6) is 11.5 Å². The van der Waals surface area contributed by atoms with Gasteiger partial charge in [-0.3, -0.25) is 0 Å². The number of benzene rings is 2. The highest BCUT2D eigenvalue weighted by Crippen LogP contribution is 2.32. The average Bonchev–Trinajstić information content (AvgIpc) is 2.40. The van der Waals surface area contributed by atoms with Gasteiger partial charge >= 0.3 is 0 Å². The summed E-state index contributed by atoms with van der Waals surface area (Å²) in [6, 6.07) is 9.92. The van der Waals surface area contributed by atoms with Gasteiger partial charge in [0.1, 0.15) is 5.75 Å². The van der Waals surface area contributed by atoms with Crippen molar-refractivity contribution in [3.05, 3.63) is 53.8 Å². The second kappa shape index (κ2) is 5.83. The number of sulfone groups is 1. The van der Waals surface area contributed by atoms with Crippen molar-refractivity contribution in [1.29, 1.82) is 0 Å². The maximum atomic E-state index is 13.8. The van der Waals surface area contributed by atoms with Crippen LogP contribution < -0.4 is 4.74 Å². The van der Waals surface area contributed by atoms with Crippen molar-refractivity contribution >= 4 is 9.84 Å². The smallest absolute Gasteiger partial charge is 0.175 e. The zero-order chi connectivity index (χ0) is 15.6. The lowest BCUT2D eigenvalue weighted by atomic mass is 10.1. The highest BCUT2D eigenvalue weighted by molar-refractivity contribution is 7.90. The normalized spacial score (nSPS) is 13.0. The average molecular weight is 310 g/mol. The first kappa shape index (κ1) is 15.5. The van der Waals surface area contributed by atoms with Crippen LogP contribution >= 0.6 is 0 Å². The van der Waals surface area contributed by atoms with E-state index >= 15 is 0 Å². The van der Waals surface area contributed by atoms with Crippen molar-refractivity contribution in [3.63, 3.8) is 0 Å². The fourth-order valence-electron chi connectivity index (χ4n) is 1.83. The summed E-state index contributed by atoms with van der Waals surface area (Å²) in [5, 5.41) is 9.63. The van der Waals surface area contributed by atoms with E-state index in [1.54, 1.807) is 6.07 Å². The summed E-state index contributed by atoms with van der Waals surface area (Å²) in [5.74, 6) is -0.380. The fraction of sp³-hybridized carbons (Fsp3) is 0.200. The Balaban J connectivity index is 2.35. The van der Waals surface area contributed by atoms with E-state index in [1.165, 1.54) is 43.3 Å². The minimum atomic E-state index is -3.29. The first-order valence-corrected chi connectivity index (χ1v) is 8.12. The molecule has 0 aromatic heterocycles. The molecule has 1 N–H and O–H groups in total. The van der Waals surface area contributed by atoms with Crippen LogP contribution in [-0.2, 0) is 9.84 Å². The van der Waals surface area contributed by atoms with Crippen molar-refractivity contribution < 1.29 is 22.7 Å². The van der Waals surface area contributed by atoms with E-state index in [0.29, 0.717) is 5.56 Å². The van der Waals surface area contributed by atoms with E-state index in [9.17, 15) is 17.9 Å². The van der Waals surface area contributed by atoms with Gasteiger partial charge in [0.05, 0.1) is 11.0 Å². The van der Waals surface area contributed by atoms with Crippen LogP contribution in [0.2, 0.25) is 0 Å². The van der Waals surface area contributed by atoms with Crippen LogP contribution in [0.1, 0.15) is 18.6 Å². The lowest BCUT2D eigenvalue weighted by Gasteiger charge is -2.14. The molecule has 0 aliphatic heterocycles. The van der Waals surface area contributed by atoms with Gasteiger partial charge in [-0.15, -0.1) is 0 Å². The second-order valence-corrected chi connectivity index (χ2v) is 6.70. The van der Waals surface area contributed by atoms with Crippen LogP contribution in [0.25, 0.3) is 0 Å². The topological polar surface area (TPSA) is 63.6 Å². The van der Waals surface area contributed by atoms with E-state index < -0.39 is 21.8 Å². The molecule has 0 aliphatic rings. The number of halogens is 1. The molecule has 0 amide bonds. The quantitative estimate of drug-likeness (QED) is 0.942. The molecule has 0 radical (unpaired) electrons. The molecule has 0 spiro atoms. The van der Waals surface area contributed by atoms with Gasteiger partial charge in [0.25, 0.3) is 0 Å². The Labute approximate surface area is 122 Å². The molecule has 2 rings (SSSR count). The Morgan fingerprint density at radius 2 is 1.76 bits per heavy atom. The van der Waals surface area contributed by atoms with Crippen LogP contribution in [0.4, 0.5) is 4.39 Å². The zero-order valence-electron chi connectivity index (χ0n) is 11.6. The summed E-state index contributed by atoms with van der Waals surface area (Å²) < 4.78 is 42.0. The summed E-state index contributed by atoms with van der Waals surface area (Å²) in [7, 11) is -3.29. The minimum Gasteiger partial charge on any atom is -0.454 e. The van der Waals surface area contributed by atoms with Gasteiger partial charge in [-0.25, -0.2) is 12.8 Å². The minimum absolute atomic E-state index is 0.0698. The molecular formula is C15H15FO4S. The number of hydrogen-bond acceptors (Lipinski definition) is 4. The van der Waals surface area contributed by atoms with Gasteiger partial charge < -0.3 is 9.84 Å². The van der Waals surface area contributed by atoms with E-state index in [1.807, 2.05) is 0 Å². The predicted molar refractivity (Wildman–Crippen MR) is 76.7 cm³/mol. The third-order valence-electron chi connectivity index (χ3n) is 2.92. The maximum absolute atomic E-state index is 13.8. The van der Waals surface area contributed by atoms with Crippen LogP contribution in [0.3, 0.4) is 0 Å². The van der Waals surface area contributed by atoms with Gasteiger partial charge in [0.2, 0.25) is 0 Å². The number of rotatable bonds is 4. The van der Waals surface area contributed by atoms with Gasteiger partial charge in [-0.05, 0) is 37.3 Å². The molecule has 0 saturated heterocycles. The fourth-order valence-corrected chi connectivity index (χ4v) is 2.47. The zero-order valence-corrected chi connectivity index (χ0v) is 12.4. The molecule has 21 heavy (non-hydrogen) atoms. The number of aliphatic hydroxyl groups excluding tert-OH is 1. The van der Waals surface area contributed by atoms with E-state index in [-0.39, 0.29) is 16.4 Å². The molecule has 0 aliphatic carbocycles. The molecule has 0 heterocycles. The van der Waals surface area contributed by atoms with Gasteiger partial charge in [-0.1, -0.05) is 12.1 Å². The van der Waals surface area contributed by atoms with Crippen molar-refractivity contribution in [2.24, 2.45) is 0 Å². The monoisotopic (exact) mass is 310 g/mol. The Morgan fingerprint density at radius 1 is 1.14 bits per heavy atom. The SMILES string of the molecule is C[C@@H](O)c1cccc(F)c1Oc1ccc(S(C)(=O)=O)cc1. The maximum Gasteiger partial charge on any atom is 0.175 e. The molecule has 6 heteroatoms. The van der Waals surface area contributed by atoms with Crippen molar-refractivity contribution in [3.8, 4) is 11.5 Å². The van der Waals surface area contributed by atoms with Crippen LogP contribution in [0, 0.1) is 5.82 Å². The predicted octanol–water partition coefficient (Wildman–Crippen LogP) is 3.07. The van der Waals surface area contributed by atoms with Gasteiger partial charge in [0.15, 0.2) is 21.4 Å². The Morgan fingerprint density at radius 3 is 2.29 bits per heavy atom. The molecule has 4 nitrogen and oxygen atoms in total. The van der Waals surface area contributed by atoms with Crippen LogP contribution in [-0.4, -0.2) is 19.8 Å². The van der Waals surface area contributed by atoms with E-state index in [4.69, 9.17) is 4.74 Å². The molecular weight excluding hydrogens is 295 g/mol.